The predicted octanol–water partition coefficient (Wildman–Crippen LogP) is 4.15. The van der Waals surface area contributed by atoms with Gasteiger partial charge in [-0.3, -0.25) is 4.79 Å². The number of hydrogen-bond acceptors (Lipinski definition) is 3. The molecule has 0 bridgehead atoms. The fourth-order valence-electron chi connectivity index (χ4n) is 4.39. The van der Waals surface area contributed by atoms with Crippen molar-refractivity contribution < 1.29 is 13.2 Å². The second kappa shape index (κ2) is 9.40. The summed E-state index contributed by atoms with van der Waals surface area (Å²) < 4.78 is 27.3. The minimum atomic E-state index is -3.46. The third-order valence-corrected chi connectivity index (χ3v) is 8.23. The maximum atomic E-state index is 12.9. The van der Waals surface area contributed by atoms with Crippen LogP contribution in [0.25, 0.3) is 0 Å². The molecule has 2 aliphatic rings. The standard InChI is InChI=1S/C22H34N2O3S/c1-3-5-19-6-4-14-23(15-13-19)22(25)20-7-9-21(10-8-20)28(26,27)24-16-11-18(2)12-17-24/h7-10,18-19H,3-6,11-17H2,1-2H3. The average molecular weight is 407 g/mol. The van der Waals surface area contributed by atoms with Crippen molar-refractivity contribution in [1.29, 1.82) is 0 Å². The van der Waals surface area contributed by atoms with Gasteiger partial charge in [0.2, 0.25) is 10.0 Å². The summed E-state index contributed by atoms with van der Waals surface area (Å²) in [5, 5.41) is 0. The number of carbonyl (C=O) groups excluding carboxylic acids is 1. The summed E-state index contributed by atoms with van der Waals surface area (Å²) in [5.41, 5.74) is 0.583. The molecule has 0 saturated carbocycles. The molecule has 0 radical (unpaired) electrons. The van der Waals surface area contributed by atoms with Crippen LogP contribution in [0, 0.1) is 11.8 Å². The van der Waals surface area contributed by atoms with Crippen molar-refractivity contribution in [2.24, 2.45) is 11.8 Å². The van der Waals surface area contributed by atoms with E-state index in [2.05, 4.69) is 13.8 Å². The van der Waals surface area contributed by atoms with Crippen LogP contribution in [0.5, 0.6) is 0 Å². The summed E-state index contributed by atoms with van der Waals surface area (Å²) in [7, 11) is -3.46. The molecule has 1 unspecified atom stereocenters. The summed E-state index contributed by atoms with van der Waals surface area (Å²) >= 11 is 0. The Morgan fingerprint density at radius 2 is 1.68 bits per heavy atom. The molecule has 0 spiro atoms. The molecule has 6 heteroatoms. The van der Waals surface area contributed by atoms with Gasteiger partial charge in [0.25, 0.3) is 5.91 Å². The molecule has 1 aromatic rings. The van der Waals surface area contributed by atoms with Gasteiger partial charge in [0.05, 0.1) is 4.90 Å². The predicted molar refractivity (Wildman–Crippen MR) is 112 cm³/mol. The summed E-state index contributed by atoms with van der Waals surface area (Å²) in [6.07, 6.45) is 7.57. The SMILES string of the molecule is CCCC1CCCN(C(=O)c2ccc(S(=O)(=O)N3CCC(C)CC3)cc2)CC1. The highest BCUT2D eigenvalue weighted by atomic mass is 32.2. The number of nitrogens with zero attached hydrogens (tertiary/aromatic N) is 2. The van der Waals surface area contributed by atoms with Crippen molar-refractivity contribution in [2.75, 3.05) is 26.2 Å². The second-order valence-electron chi connectivity index (χ2n) is 8.49. The second-order valence-corrected chi connectivity index (χ2v) is 10.4. The van der Waals surface area contributed by atoms with E-state index in [0.717, 1.165) is 44.7 Å². The molecule has 0 aliphatic carbocycles. The first-order valence-electron chi connectivity index (χ1n) is 10.8. The molecule has 1 atom stereocenters. The lowest BCUT2D eigenvalue weighted by Crippen LogP contribution is -2.37. The molecule has 5 nitrogen and oxygen atoms in total. The highest BCUT2D eigenvalue weighted by molar-refractivity contribution is 7.89. The maximum absolute atomic E-state index is 12.9. The number of amides is 1. The van der Waals surface area contributed by atoms with Gasteiger partial charge in [-0.2, -0.15) is 4.31 Å². The Bertz CT molecular complexity index is 752. The Kier molecular flexibility index (Phi) is 7.15. The lowest BCUT2D eigenvalue weighted by Gasteiger charge is -2.29. The van der Waals surface area contributed by atoms with Gasteiger partial charge >= 0.3 is 0 Å². The summed E-state index contributed by atoms with van der Waals surface area (Å²) in [4.78, 5) is 15.1. The van der Waals surface area contributed by atoms with E-state index in [1.54, 1.807) is 28.6 Å². The third kappa shape index (κ3) is 4.95. The van der Waals surface area contributed by atoms with Crippen molar-refractivity contribution in [1.82, 2.24) is 9.21 Å². The molecular formula is C22H34N2O3S. The van der Waals surface area contributed by atoms with E-state index in [4.69, 9.17) is 0 Å². The number of benzene rings is 1. The van der Waals surface area contributed by atoms with Crippen LogP contribution in [0.2, 0.25) is 0 Å². The zero-order valence-corrected chi connectivity index (χ0v) is 18.1. The van der Waals surface area contributed by atoms with Gasteiger partial charge in [-0.25, -0.2) is 8.42 Å². The molecule has 1 aromatic carbocycles. The topological polar surface area (TPSA) is 57.7 Å². The van der Waals surface area contributed by atoms with Gasteiger partial charge in [0.15, 0.2) is 0 Å². The third-order valence-electron chi connectivity index (χ3n) is 6.31. The highest BCUT2D eigenvalue weighted by Gasteiger charge is 2.28. The molecule has 3 rings (SSSR count). The van der Waals surface area contributed by atoms with Crippen molar-refractivity contribution in [2.45, 2.75) is 63.7 Å². The number of likely N-dealkylation sites (tertiary alicyclic amines) is 1. The van der Waals surface area contributed by atoms with Gasteiger partial charge < -0.3 is 4.90 Å². The fraction of sp³-hybridized carbons (Fsp3) is 0.682. The Labute approximate surface area is 170 Å². The first kappa shape index (κ1) is 21.3. The van der Waals surface area contributed by atoms with E-state index in [1.165, 1.54) is 19.3 Å². The van der Waals surface area contributed by atoms with Crippen LogP contribution in [0.15, 0.2) is 29.2 Å². The summed E-state index contributed by atoms with van der Waals surface area (Å²) in [6.45, 7) is 7.14. The van der Waals surface area contributed by atoms with Crippen LogP contribution in [0.4, 0.5) is 0 Å². The summed E-state index contributed by atoms with van der Waals surface area (Å²) in [6, 6.07) is 6.54. The molecule has 28 heavy (non-hydrogen) atoms. The van der Waals surface area contributed by atoms with Crippen LogP contribution >= 0.6 is 0 Å². The van der Waals surface area contributed by atoms with E-state index >= 15 is 0 Å². The molecule has 1 amide bonds. The summed E-state index contributed by atoms with van der Waals surface area (Å²) in [5.74, 6) is 1.33. The zero-order valence-electron chi connectivity index (χ0n) is 17.3. The number of sulfonamides is 1. The lowest BCUT2D eigenvalue weighted by molar-refractivity contribution is 0.0759. The fourth-order valence-corrected chi connectivity index (χ4v) is 5.86. The lowest BCUT2D eigenvalue weighted by atomic mass is 9.96. The van der Waals surface area contributed by atoms with Gasteiger partial charge in [-0.15, -0.1) is 0 Å². The van der Waals surface area contributed by atoms with Crippen molar-refractivity contribution in [3.8, 4) is 0 Å². The molecule has 0 N–H and O–H groups in total. The van der Waals surface area contributed by atoms with Gasteiger partial charge in [0.1, 0.15) is 0 Å². The molecular weight excluding hydrogens is 372 g/mol. The van der Waals surface area contributed by atoms with Crippen LogP contribution in [-0.2, 0) is 10.0 Å². The zero-order chi connectivity index (χ0) is 20.1. The Balaban J connectivity index is 1.66. The smallest absolute Gasteiger partial charge is 0.253 e. The van der Waals surface area contributed by atoms with Crippen molar-refractivity contribution in [3.05, 3.63) is 29.8 Å². The first-order chi connectivity index (χ1) is 13.4. The molecule has 156 valence electrons. The number of carbonyl (C=O) groups is 1. The highest BCUT2D eigenvalue weighted by Crippen LogP contribution is 2.25. The number of hydrogen-bond donors (Lipinski definition) is 0. The van der Waals surface area contributed by atoms with Crippen molar-refractivity contribution >= 4 is 15.9 Å². The monoisotopic (exact) mass is 406 g/mol. The Morgan fingerprint density at radius 3 is 2.32 bits per heavy atom. The van der Waals surface area contributed by atoms with Gasteiger partial charge in [-0.05, 0) is 68.2 Å². The minimum absolute atomic E-state index is 0.0212. The molecule has 2 heterocycles. The van der Waals surface area contributed by atoms with Crippen LogP contribution in [-0.4, -0.2) is 49.7 Å². The molecule has 2 aliphatic heterocycles. The minimum Gasteiger partial charge on any atom is -0.339 e. The van der Waals surface area contributed by atoms with Crippen LogP contribution in [0.3, 0.4) is 0 Å². The number of rotatable bonds is 5. The van der Waals surface area contributed by atoms with Crippen LogP contribution < -0.4 is 0 Å². The van der Waals surface area contributed by atoms with E-state index < -0.39 is 10.0 Å². The average Bonchev–Trinajstić information content (AvgIpc) is 2.94. The Hall–Kier alpha value is -1.40. The molecule has 2 fully saturated rings. The number of piperidine rings is 1. The van der Waals surface area contributed by atoms with E-state index in [0.29, 0.717) is 24.6 Å². The van der Waals surface area contributed by atoms with E-state index in [1.807, 2.05) is 4.90 Å². The maximum Gasteiger partial charge on any atom is 0.253 e. The molecule has 0 aromatic heterocycles. The van der Waals surface area contributed by atoms with Crippen molar-refractivity contribution in [3.63, 3.8) is 0 Å². The van der Waals surface area contributed by atoms with Gasteiger partial charge in [0, 0.05) is 31.7 Å². The normalized spacial score (nSPS) is 22.8. The van der Waals surface area contributed by atoms with Gasteiger partial charge in [-0.1, -0.05) is 26.7 Å². The van der Waals surface area contributed by atoms with Crippen LogP contribution in [0.1, 0.15) is 69.2 Å². The van der Waals surface area contributed by atoms with E-state index in [9.17, 15) is 13.2 Å². The first-order valence-corrected chi connectivity index (χ1v) is 12.2. The Morgan fingerprint density at radius 1 is 1.00 bits per heavy atom. The largest absolute Gasteiger partial charge is 0.339 e. The molecule has 2 saturated heterocycles. The quantitative estimate of drug-likeness (QED) is 0.738. The van der Waals surface area contributed by atoms with E-state index in [-0.39, 0.29) is 10.8 Å².